The van der Waals surface area contributed by atoms with E-state index in [4.69, 9.17) is 9.68 Å². The number of anilines is 1. The number of halogens is 1. The van der Waals surface area contributed by atoms with Gasteiger partial charge in [0.15, 0.2) is 0 Å². The quantitative estimate of drug-likeness (QED) is 0.663. The molecule has 8 nitrogen and oxygen atoms in total. The van der Waals surface area contributed by atoms with Crippen LogP contribution >= 0.6 is 12.4 Å². The number of aromatic nitrogens is 2. The van der Waals surface area contributed by atoms with E-state index in [1.807, 2.05) is 25.1 Å². The van der Waals surface area contributed by atoms with Crippen LogP contribution in [0.4, 0.5) is 5.69 Å². The average Bonchev–Trinajstić information content (AvgIpc) is 3.01. The van der Waals surface area contributed by atoms with Crippen molar-refractivity contribution < 1.29 is 9.21 Å². The summed E-state index contributed by atoms with van der Waals surface area (Å²) in [6.07, 6.45) is 2.23. The Morgan fingerprint density at radius 3 is 2.62 bits per heavy atom. The molecule has 0 fully saturated rings. The van der Waals surface area contributed by atoms with Gasteiger partial charge in [-0.2, -0.15) is 5.26 Å². The van der Waals surface area contributed by atoms with E-state index in [1.165, 1.54) is 10.9 Å². The second-order valence-electron chi connectivity index (χ2n) is 6.76. The molecule has 1 amide bonds. The molecule has 2 heterocycles. The van der Waals surface area contributed by atoms with Gasteiger partial charge in [-0.15, -0.1) is 12.4 Å². The summed E-state index contributed by atoms with van der Waals surface area (Å²) in [5.74, 6) is -0.123. The zero-order valence-corrected chi connectivity index (χ0v) is 17.2. The van der Waals surface area contributed by atoms with Crippen LogP contribution in [-0.2, 0) is 6.54 Å². The highest BCUT2D eigenvalue weighted by Crippen LogP contribution is 2.22. The molecule has 0 saturated heterocycles. The average molecular weight is 416 g/mol. The monoisotopic (exact) mass is 415 g/mol. The van der Waals surface area contributed by atoms with Crippen molar-refractivity contribution in [2.45, 2.75) is 19.9 Å². The van der Waals surface area contributed by atoms with Gasteiger partial charge in [0, 0.05) is 12.2 Å². The molecule has 0 spiro atoms. The molecule has 0 aliphatic carbocycles. The number of nitrogens with one attached hydrogen (secondary N) is 1. The first-order chi connectivity index (χ1) is 13.4. The minimum atomic E-state index is -0.453. The molecule has 152 valence electrons. The molecular formula is C20H22ClN5O3. The lowest BCUT2D eigenvalue weighted by Crippen LogP contribution is -2.24. The van der Waals surface area contributed by atoms with Crippen LogP contribution in [0.15, 0.2) is 39.8 Å². The summed E-state index contributed by atoms with van der Waals surface area (Å²) in [6.45, 7) is 2.97. The number of carbonyl (C=O) groups is 1. The first kappa shape index (κ1) is 22.1. The number of nitrogens with zero attached hydrogens (tertiary/aromatic N) is 4. The SMILES string of the molecule is Cc1oc2ncn(CCCN(C)C)c(=O)c2c1C(=O)Nc1ccc(C#N)cc1.Cl. The lowest BCUT2D eigenvalue weighted by atomic mass is 10.1. The third kappa shape index (κ3) is 4.83. The van der Waals surface area contributed by atoms with Crippen molar-refractivity contribution in [3.8, 4) is 6.07 Å². The lowest BCUT2D eigenvalue weighted by Gasteiger charge is -2.10. The van der Waals surface area contributed by atoms with E-state index < -0.39 is 5.91 Å². The Hall–Kier alpha value is -3.15. The second-order valence-corrected chi connectivity index (χ2v) is 6.76. The first-order valence-electron chi connectivity index (χ1n) is 8.85. The van der Waals surface area contributed by atoms with Crippen molar-refractivity contribution in [3.63, 3.8) is 0 Å². The van der Waals surface area contributed by atoms with Crippen LogP contribution in [0, 0.1) is 18.3 Å². The van der Waals surface area contributed by atoms with Crippen molar-refractivity contribution in [1.29, 1.82) is 5.26 Å². The maximum absolute atomic E-state index is 12.9. The summed E-state index contributed by atoms with van der Waals surface area (Å²) in [5, 5.41) is 11.8. The van der Waals surface area contributed by atoms with Gasteiger partial charge in [-0.3, -0.25) is 14.2 Å². The van der Waals surface area contributed by atoms with Crippen molar-refractivity contribution in [1.82, 2.24) is 14.5 Å². The topological polar surface area (TPSA) is 104 Å². The Bertz CT molecular complexity index is 1110. The van der Waals surface area contributed by atoms with Gasteiger partial charge in [-0.25, -0.2) is 4.98 Å². The summed E-state index contributed by atoms with van der Waals surface area (Å²) >= 11 is 0. The molecule has 3 aromatic rings. The molecule has 9 heteroatoms. The van der Waals surface area contributed by atoms with Crippen molar-refractivity contribution in [3.05, 3.63) is 57.8 Å². The Morgan fingerprint density at radius 2 is 2.00 bits per heavy atom. The summed E-state index contributed by atoms with van der Waals surface area (Å²) < 4.78 is 7.04. The number of benzene rings is 1. The fourth-order valence-electron chi connectivity index (χ4n) is 2.95. The number of hydrogen-bond donors (Lipinski definition) is 1. The van der Waals surface area contributed by atoms with Gasteiger partial charge < -0.3 is 14.6 Å². The van der Waals surface area contributed by atoms with E-state index in [1.54, 1.807) is 31.2 Å². The molecule has 2 aromatic heterocycles. The molecule has 1 N–H and O–H groups in total. The third-order valence-corrected chi connectivity index (χ3v) is 4.36. The highest BCUT2D eigenvalue weighted by molar-refractivity contribution is 6.12. The van der Waals surface area contributed by atoms with Crippen molar-refractivity contribution in [2.24, 2.45) is 0 Å². The Labute approximate surface area is 174 Å². The van der Waals surface area contributed by atoms with Crippen molar-refractivity contribution in [2.75, 3.05) is 26.0 Å². The van der Waals surface area contributed by atoms with Gasteiger partial charge in [0.25, 0.3) is 11.5 Å². The van der Waals surface area contributed by atoms with Crippen LogP contribution in [0.3, 0.4) is 0 Å². The minimum Gasteiger partial charge on any atom is -0.442 e. The van der Waals surface area contributed by atoms with E-state index in [0.717, 1.165) is 13.0 Å². The molecule has 0 unspecified atom stereocenters. The standard InChI is InChI=1S/C20H21N5O3.ClH/c1-13-16(18(26)23-15-7-5-14(11-21)6-8-15)17-19(28-13)22-12-25(20(17)27)10-4-9-24(2)3;/h5-8,12H,4,9-10H2,1-3H3,(H,23,26);1H. The van der Waals surface area contributed by atoms with E-state index in [9.17, 15) is 9.59 Å². The predicted molar refractivity (Wildman–Crippen MR) is 113 cm³/mol. The van der Waals surface area contributed by atoms with Gasteiger partial charge in [0.05, 0.1) is 17.2 Å². The number of aryl methyl sites for hydroxylation is 2. The Kier molecular flexibility index (Phi) is 7.15. The van der Waals surface area contributed by atoms with E-state index in [-0.39, 0.29) is 34.6 Å². The number of furan rings is 1. The number of nitriles is 1. The lowest BCUT2D eigenvalue weighted by molar-refractivity contribution is 0.102. The van der Waals surface area contributed by atoms with Gasteiger partial charge in [0.1, 0.15) is 17.5 Å². The molecule has 29 heavy (non-hydrogen) atoms. The maximum atomic E-state index is 12.9. The Balaban J connectivity index is 0.00000300. The molecule has 0 saturated carbocycles. The van der Waals surface area contributed by atoms with Crippen LogP contribution in [0.2, 0.25) is 0 Å². The van der Waals surface area contributed by atoms with Crippen LogP contribution in [0.25, 0.3) is 11.1 Å². The molecule has 0 aliphatic heterocycles. The normalized spacial score (nSPS) is 10.6. The molecule has 0 atom stereocenters. The van der Waals surface area contributed by atoms with Gasteiger partial charge >= 0.3 is 0 Å². The number of carbonyl (C=O) groups excluding carboxylic acids is 1. The predicted octanol–water partition coefficient (Wildman–Crippen LogP) is 2.80. The number of hydrogen-bond acceptors (Lipinski definition) is 6. The minimum absolute atomic E-state index is 0. The molecule has 3 rings (SSSR count). The fraction of sp³-hybridized carbons (Fsp3) is 0.300. The van der Waals surface area contributed by atoms with E-state index >= 15 is 0 Å². The fourth-order valence-corrected chi connectivity index (χ4v) is 2.95. The number of rotatable bonds is 6. The van der Waals surface area contributed by atoms with Gasteiger partial charge in [-0.05, 0) is 58.3 Å². The number of fused-ring (bicyclic) bond motifs is 1. The zero-order valence-electron chi connectivity index (χ0n) is 16.4. The maximum Gasteiger partial charge on any atom is 0.265 e. The van der Waals surface area contributed by atoms with Crippen LogP contribution in [0.5, 0.6) is 0 Å². The smallest absolute Gasteiger partial charge is 0.265 e. The zero-order chi connectivity index (χ0) is 20.3. The largest absolute Gasteiger partial charge is 0.442 e. The van der Waals surface area contributed by atoms with Gasteiger partial charge in [-0.1, -0.05) is 0 Å². The molecule has 0 bridgehead atoms. The summed E-state index contributed by atoms with van der Waals surface area (Å²) in [5.41, 5.74) is 1.04. The first-order valence-corrected chi connectivity index (χ1v) is 8.85. The summed E-state index contributed by atoms with van der Waals surface area (Å²) in [7, 11) is 3.94. The third-order valence-electron chi connectivity index (χ3n) is 4.36. The summed E-state index contributed by atoms with van der Waals surface area (Å²) in [6, 6.07) is 8.50. The molecule has 0 radical (unpaired) electrons. The number of amides is 1. The second kappa shape index (κ2) is 9.37. The summed E-state index contributed by atoms with van der Waals surface area (Å²) in [4.78, 5) is 32.0. The highest BCUT2D eigenvalue weighted by Gasteiger charge is 2.23. The van der Waals surface area contributed by atoms with Crippen LogP contribution in [0.1, 0.15) is 28.1 Å². The van der Waals surface area contributed by atoms with Crippen molar-refractivity contribution >= 4 is 35.1 Å². The van der Waals surface area contributed by atoms with Crippen LogP contribution < -0.4 is 10.9 Å². The highest BCUT2D eigenvalue weighted by atomic mass is 35.5. The molecular weight excluding hydrogens is 394 g/mol. The van der Waals surface area contributed by atoms with Crippen LogP contribution in [-0.4, -0.2) is 41.0 Å². The van der Waals surface area contributed by atoms with E-state index in [0.29, 0.717) is 23.6 Å². The van der Waals surface area contributed by atoms with Gasteiger partial charge in [0.2, 0.25) is 5.71 Å². The Morgan fingerprint density at radius 1 is 1.31 bits per heavy atom. The van der Waals surface area contributed by atoms with E-state index in [2.05, 4.69) is 10.3 Å². The molecule has 1 aromatic carbocycles. The molecule has 0 aliphatic rings.